The molecule has 0 unspecified atom stereocenters. The minimum absolute atomic E-state index is 0.346. The first-order valence-corrected chi connectivity index (χ1v) is 7.82. The molecule has 0 saturated heterocycles. The Labute approximate surface area is 125 Å². The third kappa shape index (κ3) is 3.29. The van der Waals surface area contributed by atoms with Gasteiger partial charge in [0.05, 0.1) is 11.6 Å². The SMILES string of the molecule is NNC(=NC1CCCCCC1)c1cccc2c1OCCO2. The molecule has 1 aliphatic heterocycles. The average molecular weight is 289 g/mol. The summed E-state index contributed by atoms with van der Waals surface area (Å²) in [5.74, 6) is 7.93. The summed E-state index contributed by atoms with van der Waals surface area (Å²) in [7, 11) is 0. The first kappa shape index (κ1) is 14.2. The lowest BCUT2D eigenvalue weighted by molar-refractivity contribution is 0.171. The highest BCUT2D eigenvalue weighted by molar-refractivity contribution is 6.01. The maximum absolute atomic E-state index is 5.75. The number of hydrogen-bond acceptors (Lipinski definition) is 4. The minimum atomic E-state index is 0.346. The molecule has 1 saturated carbocycles. The molecule has 1 heterocycles. The number of benzene rings is 1. The van der Waals surface area contributed by atoms with Crippen molar-refractivity contribution < 1.29 is 9.47 Å². The largest absolute Gasteiger partial charge is 0.486 e. The van der Waals surface area contributed by atoms with Gasteiger partial charge in [-0.25, -0.2) is 5.84 Å². The number of rotatable bonds is 2. The van der Waals surface area contributed by atoms with E-state index in [9.17, 15) is 0 Å². The van der Waals surface area contributed by atoms with E-state index in [0.29, 0.717) is 25.1 Å². The molecule has 0 bridgehead atoms. The predicted molar refractivity (Wildman–Crippen MR) is 82.8 cm³/mol. The van der Waals surface area contributed by atoms with Crippen LogP contribution in [0.15, 0.2) is 23.2 Å². The van der Waals surface area contributed by atoms with Crippen molar-refractivity contribution in [2.75, 3.05) is 13.2 Å². The van der Waals surface area contributed by atoms with Crippen LogP contribution in [0.2, 0.25) is 0 Å². The van der Waals surface area contributed by atoms with E-state index in [1.54, 1.807) is 0 Å². The maximum atomic E-state index is 5.75. The van der Waals surface area contributed by atoms with Crippen molar-refractivity contribution in [1.29, 1.82) is 0 Å². The number of ether oxygens (including phenoxy) is 2. The molecular formula is C16H23N3O2. The summed E-state index contributed by atoms with van der Waals surface area (Å²) < 4.78 is 11.4. The summed E-state index contributed by atoms with van der Waals surface area (Å²) in [6.07, 6.45) is 7.40. The molecule has 114 valence electrons. The molecular weight excluding hydrogens is 266 g/mol. The maximum Gasteiger partial charge on any atom is 0.172 e. The van der Waals surface area contributed by atoms with Gasteiger partial charge in [-0.1, -0.05) is 31.7 Å². The fourth-order valence-electron chi connectivity index (χ4n) is 3.01. The highest BCUT2D eigenvalue weighted by atomic mass is 16.6. The Balaban J connectivity index is 1.88. The van der Waals surface area contributed by atoms with E-state index in [4.69, 9.17) is 20.3 Å². The molecule has 5 nitrogen and oxygen atoms in total. The van der Waals surface area contributed by atoms with Gasteiger partial charge in [-0.05, 0) is 25.0 Å². The van der Waals surface area contributed by atoms with Crippen LogP contribution in [0.4, 0.5) is 0 Å². The Morgan fingerprint density at radius 2 is 1.86 bits per heavy atom. The molecule has 21 heavy (non-hydrogen) atoms. The van der Waals surface area contributed by atoms with Gasteiger partial charge in [-0.3, -0.25) is 4.99 Å². The highest BCUT2D eigenvalue weighted by Gasteiger charge is 2.20. The van der Waals surface area contributed by atoms with Gasteiger partial charge in [-0.15, -0.1) is 0 Å². The Bertz CT molecular complexity index is 508. The molecule has 0 radical (unpaired) electrons. The highest BCUT2D eigenvalue weighted by Crippen LogP contribution is 2.34. The van der Waals surface area contributed by atoms with Crippen molar-refractivity contribution in [3.05, 3.63) is 23.8 Å². The second kappa shape index (κ2) is 6.80. The summed E-state index contributed by atoms with van der Waals surface area (Å²) >= 11 is 0. The summed E-state index contributed by atoms with van der Waals surface area (Å²) in [4.78, 5) is 4.84. The molecule has 1 aromatic rings. The molecule has 1 aliphatic carbocycles. The minimum Gasteiger partial charge on any atom is -0.486 e. The summed E-state index contributed by atoms with van der Waals surface area (Å²) in [6.45, 7) is 1.15. The number of para-hydroxylation sites is 1. The van der Waals surface area contributed by atoms with Crippen molar-refractivity contribution in [2.24, 2.45) is 10.8 Å². The van der Waals surface area contributed by atoms with Gasteiger partial charge in [0.15, 0.2) is 11.5 Å². The number of nitrogens with two attached hydrogens (primary N) is 1. The average Bonchev–Trinajstić information content (AvgIpc) is 2.81. The van der Waals surface area contributed by atoms with E-state index in [2.05, 4.69) is 5.43 Å². The van der Waals surface area contributed by atoms with Gasteiger partial charge in [0, 0.05) is 0 Å². The van der Waals surface area contributed by atoms with Crippen LogP contribution in [0.3, 0.4) is 0 Å². The molecule has 3 rings (SSSR count). The summed E-state index contributed by atoms with van der Waals surface area (Å²) in [5, 5.41) is 0. The zero-order chi connectivity index (χ0) is 14.5. The van der Waals surface area contributed by atoms with Crippen molar-refractivity contribution in [3.8, 4) is 11.5 Å². The number of aliphatic imine (C=N–C) groups is 1. The van der Waals surface area contributed by atoms with E-state index < -0.39 is 0 Å². The molecule has 1 fully saturated rings. The Kier molecular flexibility index (Phi) is 4.60. The van der Waals surface area contributed by atoms with E-state index in [-0.39, 0.29) is 0 Å². The van der Waals surface area contributed by atoms with Gasteiger partial charge < -0.3 is 14.9 Å². The van der Waals surface area contributed by atoms with Gasteiger partial charge in [0.2, 0.25) is 0 Å². The molecule has 0 spiro atoms. The molecule has 0 amide bonds. The second-order valence-corrected chi connectivity index (χ2v) is 5.60. The number of hydrogen-bond donors (Lipinski definition) is 2. The van der Waals surface area contributed by atoms with Crippen LogP contribution >= 0.6 is 0 Å². The Morgan fingerprint density at radius 1 is 1.10 bits per heavy atom. The van der Waals surface area contributed by atoms with Gasteiger partial charge in [0.1, 0.15) is 19.0 Å². The molecule has 0 aromatic heterocycles. The molecule has 1 aromatic carbocycles. The van der Waals surface area contributed by atoms with Crippen molar-refractivity contribution in [1.82, 2.24) is 5.43 Å². The fraction of sp³-hybridized carbons (Fsp3) is 0.562. The molecule has 0 atom stereocenters. The summed E-state index contributed by atoms with van der Waals surface area (Å²) in [6, 6.07) is 6.18. The molecule has 5 heteroatoms. The van der Waals surface area contributed by atoms with Crippen molar-refractivity contribution in [2.45, 2.75) is 44.6 Å². The van der Waals surface area contributed by atoms with Crippen LogP contribution in [0, 0.1) is 0 Å². The van der Waals surface area contributed by atoms with Gasteiger partial charge in [0.25, 0.3) is 0 Å². The van der Waals surface area contributed by atoms with Crippen LogP contribution in [0.1, 0.15) is 44.1 Å². The van der Waals surface area contributed by atoms with Gasteiger partial charge >= 0.3 is 0 Å². The van der Waals surface area contributed by atoms with Crippen LogP contribution in [-0.4, -0.2) is 25.1 Å². The van der Waals surface area contributed by atoms with E-state index in [1.807, 2.05) is 18.2 Å². The number of nitrogens with zero attached hydrogens (tertiary/aromatic N) is 1. The van der Waals surface area contributed by atoms with E-state index in [1.165, 1.54) is 25.7 Å². The monoisotopic (exact) mass is 289 g/mol. The number of nitrogens with one attached hydrogen (secondary N) is 1. The number of fused-ring (bicyclic) bond motifs is 1. The lowest BCUT2D eigenvalue weighted by atomic mass is 10.1. The van der Waals surface area contributed by atoms with Crippen LogP contribution in [0.5, 0.6) is 11.5 Å². The number of hydrazine groups is 1. The smallest absolute Gasteiger partial charge is 0.172 e. The van der Waals surface area contributed by atoms with Crippen LogP contribution in [-0.2, 0) is 0 Å². The zero-order valence-electron chi connectivity index (χ0n) is 12.3. The topological polar surface area (TPSA) is 68.9 Å². The predicted octanol–water partition coefficient (Wildman–Crippen LogP) is 2.39. The first-order valence-electron chi connectivity index (χ1n) is 7.82. The lowest BCUT2D eigenvalue weighted by Crippen LogP contribution is -2.33. The standard InChI is InChI=1S/C16H23N3O2/c17-19-16(18-12-6-3-1-2-4-7-12)13-8-5-9-14-15(13)21-11-10-20-14/h5,8-9,12H,1-4,6-7,10-11,17H2,(H,18,19). The fourth-order valence-corrected chi connectivity index (χ4v) is 3.01. The zero-order valence-corrected chi connectivity index (χ0v) is 12.3. The van der Waals surface area contributed by atoms with E-state index >= 15 is 0 Å². The summed E-state index contributed by atoms with van der Waals surface area (Å²) in [5.41, 5.74) is 3.64. The molecule has 2 aliphatic rings. The Hall–Kier alpha value is -1.75. The molecule has 3 N–H and O–H groups in total. The van der Waals surface area contributed by atoms with Crippen molar-refractivity contribution >= 4 is 5.84 Å². The number of amidine groups is 1. The van der Waals surface area contributed by atoms with Crippen LogP contribution in [0.25, 0.3) is 0 Å². The Morgan fingerprint density at radius 3 is 2.62 bits per heavy atom. The third-order valence-corrected chi connectivity index (χ3v) is 4.09. The quantitative estimate of drug-likeness (QED) is 0.288. The van der Waals surface area contributed by atoms with Crippen LogP contribution < -0.4 is 20.7 Å². The second-order valence-electron chi connectivity index (χ2n) is 5.60. The lowest BCUT2D eigenvalue weighted by Gasteiger charge is -2.22. The van der Waals surface area contributed by atoms with Gasteiger partial charge in [-0.2, -0.15) is 0 Å². The first-order chi connectivity index (χ1) is 10.4. The normalized spacial score (nSPS) is 20.0. The third-order valence-electron chi connectivity index (χ3n) is 4.09. The van der Waals surface area contributed by atoms with Crippen molar-refractivity contribution in [3.63, 3.8) is 0 Å². The van der Waals surface area contributed by atoms with E-state index in [0.717, 1.165) is 29.9 Å².